The number of fused-ring (bicyclic) bond motifs is 1. The predicted octanol–water partition coefficient (Wildman–Crippen LogP) is 0.264. The summed E-state index contributed by atoms with van der Waals surface area (Å²) in [6, 6.07) is 6.39. The van der Waals surface area contributed by atoms with Crippen LogP contribution in [0.15, 0.2) is 24.3 Å². The predicted molar refractivity (Wildman–Crippen MR) is 71.7 cm³/mol. The number of hydrogen-bond acceptors (Lipinski definition) is 4. The lowest BCUT2D eigenvalue weighted by Crippen LogP contribution is -2.40. The Morgan fingerprint density at radius 1 is 1.10 bits per heavy atom. The molecule has 0 atom stereocenters. The van der Waals surface area contributed by atoms with E-state index in [1.807, 2.05) is 0 Å². The molecule has 21 heavy (non-hydrogen) atoms. The molecule has 0 bridgehead atoms. The van der Waals surface area contributed by atoms with Crippen LogP contribution in [0.5, 0.6) is 0 Å². The minimum Gasteiger partial charge on any atom is -0.481 e. The molecule has 7 heteroatoms. The van der Waals surface area contributed by atoms with Gasteiger partial charge in [0.15, 0.2) is 0 Å². The standard InChI is InChI=1S/C14H14N2O5/c17-11(15-7-3-6-12(18)19)8-16-13(20)9-4-1-2-5-10(9)14(16)21/h1-2,4-5H,3,6-8H2,(H,15,17)(H,18,19). The smallest absolute Gasteiger partial charge is 0.303 e. The fraction of sp³-hybridized carbons (Fsp3) is 0.286. The second-order valence-corrected chi connectivity index (χ2v) is 4.59. The highest BCUT2D eigenvalue weighted by Gasteiger charge is 2.36. The van der Waals surface area contributed by atoms with E-state index in [0.29, 0.717) is 17.5 Å². The van der Waals surface area contributed by atoms with Gasteiger partial charge in [-0.15, -0.1) is 0 Å². The van der Waals surface area contributed by atoms with Crippen molar-refractivity contribution in [1.82, 2.24) is 10.2 Å². The van der Waals surface area contributed by atoms with E-state index in [0.717, 1.165) is 4.90 Å². The van der Waals surface area contributed by atoms with Crippen LogP contribution in [-0.4, -0.2) is 46.8 Å². The molecule has 1 aromatic carbocycles. The van der Waals surface area contributed by atoms with Crippen molar-refractivity contribution in [3.63, 3.8) is 0 Å². The maximum Gasteiger partial charge on any atom is 0.303 e. The van der Waals surface area contributed by atoms with Crippen LogP contribution < -0.4 is 5.32 Å². The second kappa shape index (κ2) is 6.17. The fourth-order valence-corrected chi connectivity index (χ4v) is 2.05. The molecule has 0 aromatic heterocycles. The summed E-state index contributed by atoms with van der Waals surface area (Å²) in [5.41, 5.74) is 0.586. The highest BCUT2D eigenvalue weighted by molar-refractivity contribution is 6.22. The molecule has 0 saturated carbocycles. The highest BCUT2D eigenvalue weighted by Crippen LogP contribution is 2.21. The van der Waals surface area contributed by atoms with Crippen LogP contribution in [0.3, 0.4) is 0 Å². The molecule has 0 radical (unpaired) electrons. The quantitative estimate of drug-likeness (QED) is 0.578. The number of carbonyl (C=O) groups is 4. The average molecular weight is 290 g/mol. The molecule has 1 heterocycles. The number of aliphatic carboxylic acids is 1. The lowest BCUT2D eigenvalue weighted by molar-refractivity contribution is -0.137. The summed E-state index contributed by atoms with van der Waals surface area (Å²) in [6.07, 6.45) is 0.247. The molecule has 1 aliphatic heterocycles. The number of nitrogens with one attached hydrogen (secondary N) is 1. The van der Waals surface area contributed by atoms with Crippen molar-refractivity contribution in [2.45, 2.75) is 12.8 Å². The van der Waals surface area contributed by atoms with Crippen LogP contribution in [0.25, 0.3) is 0 Å². The Morgan fingerprint density at radius 2 is 1.67 bits per heavy atom. The van der Waals surface area contributed by atoms with Gasteiger partial charge in [0.05, 0.1) is 11.1 Å². The lowest BCUT2D eigenvalue weighted by Gasteiger charge is -2.13. The van der Waals surface area contributed by atoms with Gasteiger partial charge in [0.2, 0.25) is 5.91 Å². The zero-order valence-corrected chi connectivity index (χ0v) is 11.2. The third kappa shape index (κ3) is 3.25. The summed E-state index contributed by atoms with van der Waals surface area (Å²) in [5, 5.41) is 11.0. The molecule has 2 rings (SSSR count). The lowest BCUT2D eigenvalue weighted by atomic mass is 10.1. The van der Waals surface area contributed by atoms with Gasteiger partial charge in [0.1, 0.15) is 6.54 Å². The van der Waals surface area contributed by atoms with Crippen molar-refractivity contribution in [3.05, 3.63) is 35.4 Å². The van der Waals surface area contributed by atoms with E-state index in [9.17, 15) is 19.2 Å². The SMILES string of the molecule is O=C(O)CCCNC(=O)CN1C(=O)c2ccccc2C1=O. The van der Waals surface area contributed by atoms with Crippen molar-refractivity contribution >= 4 is 23.7 Å². The molecule has 110 valence electrons. The largest absolute Gasteiger partial charge is 0.481 e. The molecule has 0 fully saturated rings. The Labute approximate surface area is 120 Å². The molecule has 3 amide bonds. The van der Waals surface area contributed by atoms with Crippen LogP contribution >= 0.6 is 0 Å². The van der Waals surface area contributed by atoms with E-state index in [-0.39, 0.29) is 19.5 Å². The number of benzene rings is 1. The molecular weight excluding hydrogens is 276 g/mol. The Balaban J connectivity index is 1.90. The average Bonchev–Trinajstić information content (AvgIpc) is 2.69. The summed E-state index contributed by atoms with van der Waals surface area (Å²) in [7, 11) is 0. The van der Waals surface area contributed by atoms with Crippen LogP contribution in [0.1, 0.15) is 33.6 Å². The molecule has 1 aliphatic rings. The second-order valence-electron chi connectivity index (χ2n) is 4.59. The summed E-state index contributed by atoms with van der Waals surface area (Å²) >= 11 is 0. The van der Waals surface area contributed by atoms with Crippen molar-refractivity contribution in [2.24, 2.45) is 0 Å². The normalized spacial score (nSPS) is 13.2. The maximum atomic E-state index is 12.0. The fourth-order valence-electron chi connectivity index (χ4n) is 2.05. The summed E-state index contributed by atoms with van der Waals surface area (Å²) in [6.45, 7) is -0.173. The van der Waals surface area contributed by atoms with Gasteiger partial charge in [0, 0.05) is 13.0 Å². The molecule has 2 N–H and O–H groups in total. The first-order chi connectivity index (χ1) is 10.0. The molecule has 0 saturated heterocycles. The van der Waals surface area contributed by atoms with Gasteiger partial charge in [0.25, 0.3) is 11.8 Å². The van der Waals surface area contributed by atoms with E-state index in [1.165, 1.54) is 0 Å². The minimum absolute atomic E-state index is 0.0483. The molecule has 7 nitrogen and oxygen atoms in total. The third-order valence-electron chi connectivity index (χ3n) is 3.07. The summed E-state index contributed by atoms with van der Waals surface area (Å²) in [5.74, 6) is -2.41. The number of rotatable bonds is 6. The van der Waals surface area contributed by atoms with E-state index >= 15 is 0 Å². The van der Waals surface area contributed by atoms with Gasteiger partial charge in [-0.25, -0.2) is 0 Å². The van der Waals surface area contributed by atoms with Crippen LogP contribution in [0.2, 0.25) is 0 Å². The van der Waals surface area contributed by atoms with Crippen molar-refractivity contribution in [2.75, 3.05) is 13.1 Å². The van der Waals surface area contributed by atoms with Gasteiger partial charge in [-0.3, -0.25) is 24.1 Å². The molecular formula is C14H14N2O5. The van der Waals surface area contributed by atoms with Crippen LogP contribution in [0, 0.1) is 0 Å². The number of amides is 3. The van der Waals surface area contributed by atoms with Gasteiger partial charge in [-0.05, 0) is 18.6 Å². The molecule has 0 unspecified atom stereocenters. The van der Waals surface area contributed by atoms with E-state index in [2.05, 4.69) is 5.32 Å². The molecule has 0 aliphatic carbocycles. The number of imide groups is 1. The van der Waals surface area contributed by atoms with Gasteiger partial charge >= 0.3 is 5.97 Å². The van der Waals surface area contributed by atoms with Crippen LogP contribution in [-0.2, 0) is 9.59 Å². The van der Waals surface area contributed by atoms with Crippen LogP contribution in [0.4, 0.5) is 0 Å². The van der Waals surface area contributed by atoms with Crippen molar-refractivity contribution in [1.29, 1.82) is 0 Å². The number of nitrogens with zero attached hydrogens (tertiary/aromatic N) is 1. The van der Waals surface area contributed by atoms with Gasteiger partial charge in [-0.1, -0.05) is 12.1 Å². The van der Waals surface area contributed by atoms with Gasteiger partial charge in [-0.2, -0.15) is 0 Å². The Bertz CT molecular complexity index is 576. The first-order valence-electron chi connectivity index (χ1n) is 6.44. The van der Waals surface area contributed by atoms with E-state index in [1.54, 1.807) is 24.3 Å². The topological polar surface area (TPSA) is 104 Å². The summed E-state index contributed by atoms with van der Waals surface area (Å²) in [4.78, 5) is 46.9. The zero-order chi connectivity index (χ0) is 15.4. The Kier molecular flexibility index (Phi) is 4.32. The Morgan fingerprint density at radius 3 is 2.19 bits per heavy atom. The zero-order valence-electron chi connectivity index (χ0n) is 11.2. The summed E-state index contributed by atoms with van der Waals surface area (Å²) < 4.78 is 0. The number of carbonyl (C=O) groups excluding carboxylic acids is 3. The number of carboxylic acid groups (broad SMARTS) is 1. The van der Waals surface area contributed by atoms with Gasteiger partial charge < -0.3 is 10.4 Å². The maximum absolute atomic E-state index is 12.0. The van der Waals surface area contributed by atoms with E-state index in [4.69, 9.17) is 5.11 Å². The number of hydrogen-bond donors (Lipinski definition) is 2. The molecule has 1 aromatic rings. The first kappa shape index (κ1) is 14.7. The van der Waals surface area contributed by atoms with E-state index < -0.39 is 23.7 Å². The van der Waals surface area contributed by atoms with Crippen molar-refractivity contribution in [3.8, 4) is 0 Å². The third-order valence-corrected chi connectivity index (χ3v) is 3.07. The van der Waals surface area contributed by atoms with Crippen molar-refractivity contribution < 1.29 is 24.3 Å². The molecule has 0 spiro atoms. The Hall–Kier alpha value is -2.70. The first-order valence-corrected chi connectivity index (χ1v) is 6.44. The minimum atomic E-state index is -0.940. The monoisotopic (exact) mass is 290 g/mol. The number of carboxylic acids is 1. The highest BCUT2D eigenvalue weighted by atomic mass is 16.4.